The normalized spacial score (nSPS) is 18.2. The van der Waals surface area contributed by atoms with Gasteiger partial charge in [0.1, 0.15) is 0 Å². The van der Waals surface area contributed by atoms with E-state index >= 15 is 0 Å². The highest BCUT2D eigenvalue weighted by Crippen LogP contribution is 2.30. The highest BCUT2D eigenvalue weighted by molar-refractivity contribution is 7.89. The first-order valence-electron chi connectivity index (χ1n) is 8.35. The van der Waals surface area contributed by atoms with Crippen LogP contribution in [0.2, 0.25) is 0 Å². The highest BCUT2D eigenvalue weighted by atomic mass is 32.2. The van der Waals surface area contributed by atoms with E-state index in [2.05, 4.69) is 22.9 Å². The lowest BCUT2D eigenvalue weighted by atomic mass is 9.86. The average Bonchev–Trinajstić information content (AvgIpc) is 2.61. The van der Waals surface area contributed by atoms with Crippen molar-refractivity contribution >= 4 is 15.6 Å². The van der Waals surface area contributed by atoms with Crippen LogP contribution < -0.4 is 4.72 Å². The van der Waals surface area contributed by atoms with E-state index in [9.17, 15) is 8.42 Å². The summed E-state index contributed by atoms with van der Waals surface area (Å²) in [5, 5.41) is 0. The maximum atomic E-state index is 12.4. The van der Waals surface area contributed by atoms with E-state index in [0.717, 1.165) is 24.8 Å². The van der Waals surface area contributed by atoms with Gasteiger partial charge in [-0.1, -0.05) is 54.1 Å². The van der Waals surface area contributed by atoms with E-state index in [4.69, 9.17) is 0 Å². The second-order valence-electron chi connectivity index (χ2n) is 6.41. The van der Waals surface area contributed by atoms with Gasteiger partial charge in [0.15, 0.2) is 0 Å². The number of hydrogen-bond acceptors (Lipinski definition) is 2. The van der Waals surface area contributed by atoms with Gasteiger partial charge in [0.25, 0.3) is 0 Å². The van der Waals surface area contributed by atoms with E-state index in [0.29, 0.717) is 17.4 Å². The van der Waals surface area contributed by atoms with Gasteiger partial charge in [0, 0.05) is 6.54 Å². The monoisotopic (exact) mass is 341 g/mol. The molecule has 1 atom stereocenters. The van der Waals surface area contributed by atoms with Crippen LogP contribution >= 0.6 is 0 Å². The predicted molar refractivity (Wildman–Crippen MR) is 98.1 cm³/mol. The molecule has 1 unspecified atom stereocenters. The Bertz CT molecular complexity index is 808. The van der Waals surface area contributed by atoms with Crippen molar-refractivity contribution < 1.29 is 8.42 Å². The third-order valence-corrected chi connectivity index (χ3v) is 5.95. The van der Waals surface area contributed by atoms with Crippen molar-refractivity contribution in [2.45, 2.75) is 31.1 Å². The Hall–Kier alpha value is -1.91. The predicted octanol–water partition coefficient (Wildman–Crippen LogP) is 4.16. The molecule has 1 N–H and O–H groups in total. The van der Waals surface area contributed by atoms with Gasteiger partial charge < -0.3 is 0 Å². The van der Waals surface area contributed by atoms with Gasteiger partial charge in [-0.15, -0.1) is 0 Å². The molecule has 0 spiro atoms. The average molecular weight is 341 g/mol. The molecule has 0 aromatic heterocycles. The van der Waals surface area contributed by atoms with Crippen molar-refractivity contribution in [2.24, 2.45) is 5.92 Å². The smallest absolute Gasteiger partial charge is 0.211 e. The fourth-order valence-corrected chi connectivity index (χ4v) is 4.20. The molecule has 4 heteroatoms. The Labute approximate surface area is 144 Å². The summed E-state index contributed by atoms with van der Waals surface area (Å²) in [6.07, 6.45) is 5.22. The van der Waals surface area contributed by atoms with Gasteiger partial charge in [0.05, 0.1) is 4.90 Å². The maximum Gasteiger partial charge on any atom is 0.240 e. The third-order valence-electron chi connectivity index (χ3n) is 4.51. The van der Waals surface area contributed by atoms with Gasteiger partial charge in [-0.05, 0) is 55.4 Å². The molecule has 0 heterocycles. The van der Waals surface area contributed by atoms with Gasteiger partial charge >= 0.3 is 0 Å². The number of hydrogen-bond donors (Lipinski definition) is 1. The molecule has 0 bridgehead atoms. The second kappa shape index (κ2) is 7.32. The number of benzene rings is 2. The Morgan fingerprint density at radius 2 is 1.75 bits per heavy atom. The Morgan fingerprint density at radius 3 is 2.46 bits per heavy atom. The summed E-state index contributed by atoms with van der Waals surface area (Å²) in [7, 11) is -3.43. The molecule has 126 valence electrons. The first kappa shape index (κ1) is 16.9. The van der Waals surface area contributed by atoms with Crippen LogP contribution in [-0.2, 0) is 10.0 Å². The summed E-state index contributed by atoms with van der Waals surface area (Å²) in [6, 6.07) is 17.3. The minimum atomic E-state index is -3.43. The number of sulfonamides is 1. The van der Waals surface area contributed by atoms with Crippen molar-refractivity contribution in [3.63, 3.8) is 0 Å². The lowest BCUT2D eigenvalue weighted by molar-refractivity contribution is 0.475. The summed E-state index contributed by atoms with van der Waals surface area (Å²) >= 11 is 0. The van der Waals surface area contributed by atoms with Crippen LogP contribution in [0.25, 0.3) is 5.57 Å². The highest BCUT2D eigenvalue weighted by Gasteiger charge is 2.20. The van der Waals surface area contributed by atoms with E-state index in [-0.39, 0.29) is 0 Å². The van der Waals surface area contributed by atoms with E-state index < -0.39 is 10.0 Å². The van der Waals surface area contributed by atoms with Crippen LogP contribution in [0.1, 0.15) is 30.4 Å². The van der Waals surface area contributed by atoms with E-state index in [1.807, 2.05) is 37.3 Å². The largest absolute Gasteiger partial charge is 0.240 e. The molecule has 0 saturated heterocycles. The van der Waals surface area contributed by atoms with Crippen molar-refractivity contribution in [3.05, 3.63) is 71.8 Å². The Morgan fingerprint density at radius 1 is 1.04 bits per heavy atom. The minimum Gasteiger partial charge on any atom is -0.211 e. The minimum absolute atomic E-state index is 0.336. The lowest BCUT2D eigenvalue weighted by Crippen LogP contribution is -2.30. The summed E-state index contributed by atoms with van der Waals surface area (Å²) in [6.45, 7) is 2.43. The van der Waals surface area contributed by atoms with Crippen LogP contribution in [0.3, 0.4) is 0 Å². The molecular formula is C20H23NO2S. The van der Waals surface area contributed by atoms with Crippen LogP contribution in [0.15, 0.2) is 65.6 Å². The number of nitrogens with one attached hydrogen (secondary N) is 1. The molecule has 0 aliphatic heterocycles. The van der Waals surface area contributed by atoms with Crippen molar-refractivity contribution in [3.8, 4) is 0 Å². The number of rotatable bonds is 5. The zero-order valence-electron chi connectivity index (χ0n) is 13.9. The van der Waals surface area contributed by atoms with E-state index in [1.165, 1.54) is 11.1 Å². The van der Waals surface area contributed by atoms with Crippen LogP contribution in [0.4, 0.5) is 0 Å². The SMILES string of the molecule is Cc1ccc(S(=O)(=O)NCC2CCC=C(c3ccccc3)C2)cc1. The standard InChI is InChI=1S/C20H23NO2S/c1-16-10-12-20(13-11-16)24(22,23)21-15-17-6-5-9-19(14-17)18-7-3-2-4-8-18/h2-4,7-13,17,21H,5-6,14-15H2,1H3. The zero-order valence-corrected chi connectivity index (χ0v) is 14.7. The van der Waals surface area contributed by atoms with Crippen LogP contribution in [0.5, 0.6) is 0 Å². The van der Waals surface area contributed by atoms with Crippen LogP contribution in [-0.4, -0.2) is 15.0 Å². The molecule has 0 saturated carbocycles. The molecule has 3 nitrogen and oxygen atoms in total. The molecule has 1 aliphatic rings. The lowest BCUT2D eigenvalue weighted by Gasteiger charge is -2.23. The molecule has 24 heavy (non-hydrogen) atoms. The van der Waals surface area contributed by atoms with E-state index in [1.54, 1.807) is 12.1 Å². The van der Waals surface area contributed by atoms with Gasteiger partial charge in [-0.3, -0.25) is 0 Å². The van der Waals surface area contributed by atoms with Gasteiger partial charge in [-0.25, -0.2) is 13.1 Å². The molecular weight excluding hydrogens is 318 g/mol. The first-order chi connectivity index (χ1) is 11.5. The quantitative estimate of drug-likeness (QED) is 0.888. The van der Waals surface area contributed by atoms with Crippen LogP contribution in [0, 0.1) is 12.8 Å². The molecule has 0 radical (unpaired) electrons. The van der Waals surface area contributed by atoms with Crippen molar-refractivity contribution in [1.82, 2.24) is 4.72 Å². The summed E-state index contributed by atoms with van der Waals surface area (Å²) in [5.41, 5.74) is 3.61. The molecule has 2 aromatic rings. The second-order valence-corrected chi connectivity index (χ2v) is 8.17. The molecule has 0 fully saturated rings. The molecule has 3 rings (SSSR count). The summed E-state index contributed by atoms with van der Waals surface area (Å²) in [4.78, 5) is 0.336. The zero-order chi connectivity index (χ0) is 17.0. The van der Waals surface area contributed by atoms with Crippen molar-refractivity contribution in [1.29, 1.82) is 0 Å². The first-order valence-corrected chi connectivity index (χ1v) is 9.84. The topological polar surface area (TPSA) is 46.2 Å². The molecule has 0 amide bonds. The maximum absolute atomic E-state index is 12.4. The van der Waals surface area contributed by atoms with Crippen molar-refractivity contribution in [2.75, 3.05) is 6.54 Å². The Kier molecular flexibility index (Phi) is 5.17. The van der Waals surface area contributed by atoms with Gasteiger partial charge in [-0.2, -0.15) is 0 Å². The van der Waals surface area contributed by atoms with Gasteiger partial charge in [0.2, 0.25) is 10.0 Å². The molecule has 1 aliphatic carbocycles. The molecule has 2 aromatic carbocycles. The summed E-state index contributed by atoms with van der Waals surface area (Å²) in [5.74, 6) is 0.338. The number of aryl methyl sites for hydroxylation is 1. The Balaban J connectivity index is 1.63. The third kappa shape index (κ3) is 4.13. The summed E-state index contributed by atoms with van der Waals surface area (Å²) < 4.78 is 27.6. The fraction of sp³-hybridized carbons (Fsp3) is 0.300. The fourth-order valence-electron chi connectivity index (χ4n) is 3.08. The number of allylic oxidation sites excluding steroid dienone is 2.